The molecular formula is C12H15NO4. The largest absolute Gasteiger partial charge is 0.514 e. The van der Waals surface area contributed by atoms with Crippen molar-refractivity contribution >= 4 is 12.1 Å². The molecule has 0 aliphatic rings. The zero-order chi connectivity index (χ0) is 13.1. The summed E-state index contributed by atoms with van der Waals surface area (Å²) in [6.45, 7) is 5.19. The summed E-state index contributed by atoms with van der Waals surface area (Å²) >= 11 is 0. The molecule has 0 spiro atoms. The number of rotatable bonds is 2. The second-order valence-corrected chi connectivity index (χ2v) is 4.46. The van der Waals surface area contributed by atoms with Gasteiger partial charge in [-0.15, -0.1) is 0 Å². The molecular weight excluding hydrogens is 222 g/mol. The van der Waals surface area contributed by atoms with Gasteiger partial charge in [-0.05, 0) is 39.0 Å². The van der Waals surface area contributed by atoms with Crippen molar-refractivity contribution < 1.29 is 19.1 Å². The fraction of sp³-hybridized carbons (Fsp3) is 0.333. The van der Waals surface area contributed by atoms with Gasteiger partial charge in [0.05, 0.1) is 0 Å². The molecule has 0 radical (unpaired) electrons. The number of carbonyl (C=O) groups excluding carboxylic acids is 2. The molecule has 5 heteroatoms. The minimum Gasteiger partial charge on any atom is -0.428 e. The van der Waals surface area contributed by atoms with Crippen molar-refractivity contribution in [3.05, 3.63) is 29.8 Å². The van der Waals surface area contributed by atoms with Crippen LogP contribution in [0.25, 0.3) is 0 Å². The Morgan fingerprint density at radius 2 is 1.88 bits per heavy atom. The van der Waals surface area contributed by atoms with Gasteiger partial charge in [-0.1, -0.05) is 6.07 Å². The molecule has 1 aromatic carbocycles. The highest BCUT2D eigenvalue weighted by molar-refractivity contribution is 5.93. The van der Waals surface area contributed by atoms with Crippen LogP contribution in [-0.4, -0.2) is 17.7 Å². The van der Waals surface area contributed by atoms with Crippen molar-refractivity contribution in [1.82, 2.24) is 0 Å². The molecule has 0 aromatic heterocycles. The van der Waals surface area contributed by atoms with Crippen LogP contribution in [0.2, 0.25) is 0 Å². The van der Waals surface area contributed by atoms with Crippen LogP contribution in [0.4, 0.5) is 4.79 Å². The van der Waals surface area contributed by atoms with E-state index in [1.165, 1.54) is 18.2 Å². The Morgan fingerprint density at radius 3 is 2.41 bits per heavy atom. The molecule has 1 rings (SSSR count). The lowest BCUT2D eigenvalue weighted by atomic mass is 10.2. The number of carbonyl (C=O) groups is 2. The number of primary amides is 1. The average Bonchev–Trinajstić information content (AvgIpc) is 2.14. The number of hydrogen-bond donors (Lipinski definition) is 1. The molecule has 1 amide bonds. The van der Waals surface area contributed by atoms with Crippen molar-refractivity contribution in [2.24, 2.45) is 5.73 Å². The summed E-state index contributed by atoms with van der Waals surface area (Å²) in [5.74, 6) is -0.366. The highest BCUT2D eigenvalue weighted by Crippen LogP contribution is 2.15. The van der Waals surface area contributed by atoms with Crippen LogP contribution in [0, 0.1) is 0 Å². The van der Waals surface area contributed by atoms with E-state index in [-0.39, 0.29) is 11.3 Å². The molecule has 1 aromatic rings. The molecule has 0 unspecified atom stereocenters. The summed E-state index contributed by atoms with van der Waals surface area (Å²) in [7, 11) is 0. The smallest absolute Gasteiger partial charge is 0.428 e. The van der Waals surface area contributed by atoms with E-state index < -0.39 is 17.7 Å². The number of nitrogens with two attached hydrogens (primary N) is 1. The Labute approximate surface area is 99.5 Å². The zero-order valence-electron chi connectivity index (χ0n) is 10.0. The van der Waals surface area contributed by atoms with E-state index in [4.69, 9.17) is 15.2 Å². The van der Waals surface area contributed by atoms with E-state index in [2.05, 4.69) is 0 Å². The van der Waals surface area contributed by atoms with Gasteiger partial charge in [0.25, 0.3) is 0 Å². The van der Waals surface area contributed by atoms with Gasteiger partial charge in [0, 0.05) is 5.56 Å². The Morgan fingerprint density at radius 1 is 1.24 bits per heavy atom. The monoisotopic (exact) mass is 237 g/mol. The third-order valence-electron chi connectivity index (χ3n) is 1.71. The molecule has 5 nitrogen and oxygen atoms in total. The molecule has 17 heavy (non-hydrogen) atoms. The first-order chi connectivity index (χ1) is 7.78. The van der Waals surface area contributed by atoms with Crippen LogP contribution in [0.1, 0.15) is 31.1 Å². The molecule has 0 atom stereocenters. The molecule has 0 saturated carbocycles. The van der Waals surface area contributed by atoms with Crippen molar-refractivity contribution in [2.45, 2.75) is 26.4 Å². The molecule has 0 fully saturated rings. The van der Waals surface area contributed by atoms with Gasteiger partial charge in [-0.3, -0.25) is 4.79 Å². The first kappa shape index (κ1) is 13.0. The lowest BCUT2D eigenvalue weighted by Crippen LogP contribution is -2.26. The zero-order valence-corrected chi connectivity index (χ0v) is 10.0. The molecule has 0 bridgehead atoms. The van der Waals surface area contributed by atoms with Gasteiger partial charge in [-0.25, -0.2) is 4.79 Å². The van der Waals surface area contributed by atoms with Crippen LogP contribution in [0.3, 0.4) is 0 Å². The SMILES string of the molecule is CC(C)(C)OC(=O)Oc1cccc(C(N)=O)c1. The maximum absolute atomic E-state index is 11.3. The summed E-state index contributed by atoms with van der Waals surface area (Å²) in [5, 5.41) is 0. The summed E-state index contributed by atoms with van der Waals surface area (Å²) in [6, 6.07) is 6.02. The lowest BCUT2D eigenvalue weighted by Gasteiger charge is -2.18. The lowest BCUT2D eigenvalue weighted by molar-refractivity contribution is 0.0206. The predicted molar refractivity (Wildman–Crippen MR) is 61.8 cm³/mol. The summed E-state index contributed by atoms with van der Waals surface area (Å²) in [4.78, 5) is 22.3. The van der Waals surface area contributed by atoms with E-state index in [0.29, 0.717) is 0 Å². The summed E-state index contributed by atoms with van der Waals surface area (Å²) < 4.78 is 9.88. The molecule has 2 N–H and O–H groups in total. The van der Waals surface area contributed by atoms with Gasteiger partial charge >= 0.3 is 6.16 Å². The highest BCUT2D eigenvalue weighted by atomic mass is 16.7. The van der Waals surface area contributed by atoms with E-state index in [1.807, 2.05) is 0 Å². The van der Waals surface area contributed by atoms with Crippen LogP contribution >= 0.6 is 0 Å². The molecule has 0 saturated heterocycles. The number of amides is 1. The van der Waals surface area contributed by atoms with Gasteiger partial charge in [-0.2, -0.15) is 0 Å². The maximum atomic E-state index is 11.3. The van der Waals surface area contributed by atoms with Crippen LogP contribution < -0.4 is 10.5 Å². The fourth-order valence-corrected chi connectivity index (χ4v) is 1.08. The van der Waals surface area contributed by atoms with E-state index >= 15 is 0 Å². The van der Waals surface area contributed by atoms with Crippen molar-refractivity contribution in [2.75, 3.05) is 0 Å². The summed E-state index contributed by atoms with van der Waals surface area (Å²) in [6.07, 6.45) is -0.820. The Bertz CT molecular complexity index is 434. The molecule has 92 valence electrons. The predicted octanol–water partition coefficient (Wildman–Crippen LogP) is 2.10. The third-order valence-corrected chi connectivity index (χ3v) is 1.71. The normalized spacial score (nSPS) is 10.8. The average molecular weight is 237 g/mol. The number of hydrogen-bond acceptors (Lipinski definition) is 4. The third kappa shape index (κ3) is 4.55. The molecule has 0 aliphatic heterocycles. The Balaban J connectivity index is 2.72. The fourth-order valence-electron chi connectivity index (χ4n) is 1.08. The van der Waals surface area contributed by atoms with Crippen molar-refractivity contribution in [3.8, 4) is 5.75 Å². The second kappa shape index (κ2) is 4.86. The minimum atomic E-state index is -0.820. The van der Waals surface area contributed by atoms with Crippen LogP contribution in [0.15, 0.2) is 24.3 Å². The van der Waals surface area contributed by atoms with Gasteiger partial charge in [0.1, 0.15) is 11.4 Å². The first-order valence-corrected chi connectivity index (χ1v) is 5.08. The molecule has 0 heterocycles. The van der Waals surface area contributed by atoms with Gasteiger partial charge < -0.3 is 15.2 Å². The quantitative estimate of drug-likeness (QED) is 0.631. The Hall–Kier alpha value is -2.04. The van der Waals surface area contributed by atoms with E-state index in [0.717, 1.165) is 0 Å². The summed E-state index contributed by atoms with van der Waals surface area (Å²) in [5.41, 5.74) is 4.75. The van der Waals surface area contributed by atoms with Crippen molar-refractivity contribution in [1.29, 1.82) is 0 Å². The highest BCUT2D eigenvalue weighted by Gasteiger charge is 2.18. The van der Waals surface area contributed by atoms with Crippen LogP contribution in [-0.2, 0) is 4.74 Å². The van der Waals surface area contributed by atoms with Gasteiger partial charge in [0.15, 0.2) is 0 Å². The topological polar surface area (TPSA) is 78.6 Å². The standard InChI is InChI=1S/C12H15NO4/c1-12(2,3)17-11(15)16-9-6-4-5-8(7-9)10(13)14/h4-7H,1-3H3,(H2,13,14). The minimum absolute atomic E-state index is 0.218. The Kier molecular flexibility index (Phi) is 3.73. The molecule has 0 aliphatic carbocycles. The van der Waals surface area contributed by atoms with Gasteiger partial charge in [0.2, 0.25) is 5.91 Å². The second-order valence-electron chi connectivity index (χ2n) is 4.46. The van der Waals surface area contributed by atoms with Crippen molar-refractivity contribution in [3.63, 3.8) is 0 Å². The first-order valence-electron chi connectivity index (χ1n) is 5.08. The number of ether oxygens (including phenoxy) is 2. The number of benzene rings is 1. The van der Waals surface area contributed by atoms with E-state index in [9.17, 15) is 9.59 Å². The maximum Gasteiger partial charge on any atom is 0.514 e. The van der Waals surface area contributed by atoms with Crippen LogP contribution in [0.5, 0.6) is 5.75 Å². The van der Waals surface area contributed by atoms with E-state index in [1.54, 1.807) is 26.8 Å².